The van der Waals surface area contributed by atoms with Crippen molar-refractivity contribution in [1.29, 1.82) is 0 Å². The summed E-state index contributed by atoms with van der Waals surface area (Å²) >= 11 is 0. The molecule has 0 aromatic rings. The highest BCUT2D eigenvalue weighted by atomic mass is 16.3. The number of aliphatic hydroxyl groups is 1. The second-order valence-electron chi connectivity index (χ2n) is 5.30. The first kappa shape index (κ1) is 12.9. The van der Waals surface area contributed by atoms with Crippen LogP contribution in [0.1, 0.15) is 27.2 Å². The normalized spacial score (nSPS) is 30.0. The van der Waals surface area contributed by atoms with Gasteiger partial charge in [0.25, 0.3) is 0 Å². The molecule has 2 atom stereocenters. The van der Waals surface area contributed by atoms with Crippen LogP contribution < -0.4 is 0 Å². The summed E-state index contributed by atoms with van der Waals surface area (Å²) in [5.41, 5.74) is 0. The van der Waals surface area contributed by atoms with Crippen LogP contribution >= 0.6 is 0 Å². The summed E-state index contributed by atoms with van der Waals surface area (Å²) < 4.78 is 0. The molecule has 0 amide bonds. The van der Waals surface area contributed by atoms with Crippen molar-refractivity contribution in [3.8, 4) is 0 Å². The van der Waals surface area contributed by atoms with Crippen molar-refractivity contribution >= 4 is 0 Å². The van der Waals surface area contributed by atoms with Crippen LogP contribution in [0.3, 0.4) is 0 Å². The van der Waals surface area contributed by atoms with E-state index >= 15 is 0 Å². The molecule has 1 aliphatic rings. The van der Waals surface area contributed by atoms with Crippen LogP contribution in [-0.2, 0) is 0 Å². The van der Waals surface area contributed by atoms with Gasteiger partial charge in [0.15, 0.2) is 0 Å². The molecule has 0 aliphatic carbocycles. The number of hydrogen-bond donors (Lipinski definition) is 1. The Balaban J connectivity index is 2.55. The smallest absolute Gasteiger partial charge is 0.0446 e. The van der Waals surface area contributed by atoms with E-state index in [0.29, 0.717) is 24.6 Å². The Bertz CT molecular complexity index is 184. The Morgan fingerprint density at radius 1 is 1.33 bits per heavy atom. The largest absolute Gasteiger partial charge is 0.396 e. The van der Waals surface area contributed by atoms with E-state index in [0.717, 1.165) is 26.1 Å². The third kappa shape index (κ3) is 3.74. The standard InChI is InChI=1S/C12H26N2O/c1-10(2)7-14-8-11(3)13(4)9-12(14)5-6-15/h10-12,15H,5-9H2,1-4H3. The first-order chi connectivity index (χ1) is 7.04. The molecule has 1 saturated heterocycles. The fourth-order valence-corrected chi connectivity index (χ4v) is 2.37. The van der Waals surface area contributed by atoms with Gasteiger partial charge in [-0.15, -0.1) is 0 Å². The average molecular weight is 214 g/mol. The molecule has 0 aromatic carbocycles. The van der Waals surface area contributed by atoms with Gasteiger partial charge in [-0.05, 0) is 26.3 Å². The molecular weight excluding hydrogens is 188 g/mol. The lowest BCUT2D eigenvalue weighted by atomic mass is 10.0. The minimum atomic E-state index is 0.307. The third-order valence-corrected chi connectivity index (χ3v) is 3.33. The molecule has 1 rings (SSSR count). The van der Waals surface area contributed by atoms with Crippen molar-refractivity contribution in [2.24, 2.45) is 5.92 Å². The third-order valence-electron chi connectivity index (χ3n) is 3.33. The van der Waals surface area contributed by atoms with E-state index in [1.807, 2.05) is 0 Å². The van der Waals surface area contributed by atoms with Crippen molar-refractivity contribution < 1.29 is 5.11 Å². The van der Waals surface area contributed by atoms with E-state index in [1.54, 1.807) is 0 Å². The quantitative estimate of drug-likeness (QED) is 0.757. The van der Waals surface area contributed by atoms with Gasteiger partial charge in [0.1, 0.15) is 0 Å². The summed E-state index contributed by atoms with van der Waals surface area (Å²) in [5, 5.41) is 9.08. The Morgan fingerprint density at radius 3 is 2.53 bits per heavy atom. The molecule has 1 fully saturated rings. The highest BCUT2D eigenvalue weighted by Crippen LogP contribution is 2.17. The molecule has 0 bridgehead atoms. The number of aliphatic hydroxyl groups excluding tert-OH is 1. The number of rotatable bonds is 4. The van der Waals surface area contributed by atoms with E-state index in [2.05, 4.69) is 37.6 Å². The Labute approximate surface area is 94.1 Å². The maximum atomic E-state index is 9.08. The summed E-state index contributed by atoms with van der Waals surface area (Å²) in [6.07, 6.45) is 0.907. The molecule has 15 heavy (non-hydrogen) atoms. The maximum Gasteiger partial charge on any atom is 0.0446 e. The van der Waals surface area contributed by atoms with Crippen LogP contribution in [0.4, 0.5) is 0 Å². The molecule has 2 unspecified atom stereocenters. The second-order valence-corrected chi connectivity index (χ2v) is 5.30. The zero-order valence-electron chi connectivity index (χ0n) is 10.6. The lowest BCUT2D eigenvalue weighted by molar-refractivity contribution is 0.0319. The molecule has 1 N–H and O–H groups in total. The van der Waals surface area contributed by atoms with Gasteiger partial charge in [-0.1, -0.05) is 13.8 Å². The van der Waals surface area contributed by atoms with Crippen molar-refractivity contribution in [2.75, 3.05) is 33.3 Å². The molecule has 0 spiro atoms. The van der Waals surface area contributed by atoms with E-state index in [4.69, 9.17) is 5.11 Å². The van der Waals surface area contributed by atoms with Gasteiger partial charge in [-0.3, -0.25) is 4.90 Å². The predicted molar refractivity (Wildman–Crippen MR) is 64.0 cm³/mol. The Morgan fingerprint density at radius 2 is 2.00 bits per heavy atom. The maximum absolute atomic E-state index is 9.08. The monoisotopic (exact) mass is 214 g/mol. The highest BCUT2D eigenvalue weighted by Gasteiger charge is 2.29. The highest BCUT2D eigenvalue weighted by molar-refractivity contribution is 4.85. The van der Waals surface area contributed by atoms with E-state index in [-0.39, 0.29) is 0 Å². The van der Waals surface area contributed by atoms with Crippen molar-refractivity contribution in [3.63, 3.8) is 0 Å². The Kier molecular flexibility index (Phi) is 5.03. The molecule has 3 heteroatoms. The number of hydrogen-bond acceptors (Lipinski definition) is 3. The van der Waals surface area contributed by atoms with Gasteiger partial charge in [-0.25, -0.2) is 0 Å². The molecule has 0 saturated carbocycles. The zero-order chi connectivity index (χ0) is 11.4. The fourth-order valence-electron chi connectivity index (χ4n) is 2.37. The van der Waals surface area contributed by atoms with E-state index < -0.39 is 0 Å². The average Bonchev–Trinajstić information content (AvgIpc) is 2.13. The minimum Gasteiger partial charge on any atom is -0.396 e. The topological polar surface area (TPSA) is 26.7 Å². The van der Waals surface area contributed by atoms with Crippen LogP contribution in [0.5, 0.6) is 0 Å². The van der Waals surface area contributed by atoms with Gasteiger partial charge in [0.05, 0.1) is 0 Å². The van der Waals surface area contributed by atoms with Crippen LogP contribution in [0.2, 0.25) is 0 Å². The summed E-state index contributed by atoms with van der Waals surface area (Å²) in [6, 6.07) is 1.18. The SMILES string of the molecule is CC(C)CN1CC(C)N(C)CC1CCO. The molecule has 1 aliphatic heterocycles. The summed E-state index contributed by atoms with van der Waals surface area (Å²) in [4.78, 5) is 4.95. The van der Waals surface area contributed by atoms with Gasteiger partial charge in [0, 0.05) is 38.3 Å². The fraction of sp³-hybridized carbons (Fsp3) is 1.00. The van der Waals surface area contributed by atoms with Gasteiger partial charge in [0.2, 0.25) is 0 Å². The zero-order valence-corrected chi connectivity index (χ0v) is 10.6. The first-order valence-corrected chi connectivity index (χ1v) is 6.09. The van der Waals surface area contributed by atoms with Gasteiger partial charge < -0.3 is 10.0 Å². The molecular formula is C12H26N2O. The predicted octanol–water partition coefficient (Wildman–Crippen LogP) is 1.03. The lowest BCUT2D eigenvalue weighted by Crippen LogP contribution is -2.56. The van der Waals surface area contributed by atoms with Crippen molar-refractivity contribution in [1.82, 2.24) is 9.80 Å². The number of likely N-dealkylation sites (N-methyl/N-ethyl adjacent to an activating group) is 1. The molecule has 90 valence electrons. The van der Waals surface area contributed by atoms with E-state index in [1.165, 1.54) is 0 Å². The lowest BCUT2D eigenvalue weighted by Gasteiger charge is -2.44. The van der Waals surface area contributed by atoms with Crippen LogP contribution in [0.15, 0.2) is 0 Å². The minimum absolute atomic E-state index is 0.307. The van der Waals surface area contributed by atoms with Crippen LogP contribution in [-0.4, -0.2) is 60.3 Å². The Hall–Kier alpha value is -0.120. The van der Waals surface area contributed by atoms with Crippen LogP contribution in [0.25, 0.3) is 0 Å². The van der Waals surface area contributed by atoms with Gasteiger partial charge in [-0.2, -0.15) is 0 Å². The summed E-state index contributed by atoms with van der Waals surface area (Å²) in [6.45, 7) is 10.5. The number of nitrogens with zero attached hydrogens (tertiary/aromatic N) is 2. The van der Waals surface area contributed by atoms with Crippen molar-refractivity contribution in [3.05, 3.63) is 0 Å². The summed E-state index contributed by atoms with van der Waals surface area (Å²) in [5.74, 6) is 0.710. The second kappa shape index (κ2) is 5.83. The van der Waals surface area contributed by atoms with Gasteiger partial charge >= 0.3 is 0 Å². The van der Waals surface area contributed by atoms with Crippen LogP contribution in [0, 0.1) is 5.92 Å². The number of piperazine rings is 1. The molecule has 0 radical (unpaired) electrons. The van der Waals surface area contributed by atoms with Crippen molar-refractivity contribution in [2.45, 2.75) is 39.3 Å². The van der Waals surface area contributed by atoms with E-state index in [9.17, 15) is 0 Å². The summed E-state index contributed by atoms with van der Waals surface area (Å²) in [7, 11) is 2.18. The molecule has 1 heterocycles. The first-order valence-electron chi connectivity index (χ1n) is 6.09. The molecule has 0 aromatic heterocycles. The molecule has 3 nitrogen and oxygen atoms in total.